The lowest BCUT2D eigenvalue weighted by molar-refractivity contribution is 0.0979. The lowest BCUT2D eigenvalue weighted by atomic mass is 10.1. The van der Waals surface area contributed by atoms with Crippen molar-refractivity contribution in [2.75, 3.05) is 24.3 Å². The predicted molar refractivity (Wildman–Crippen MR) is 123 cm³/mol. The molecule has 0 saturated carbocycles. The van der Waals surface area contributed by atoms with Crippen LogP contribution in [0.5, 0.6) is 0 Å². The van der Waals surface area contributed by atoms with Gasteiger partial charge in [-0.2, -0.15) is 0 Å². The maximum absolute atomic E-state index is 12.9. The number of benzene rings is 2. The molecule has 0 atom stereocenters. The van der Waals surface area contributed by atoms with Gasteiger partial charge in [0, 0.05) is 32.4 Å². The van der Waals surface area contributed by atoms with Crippen LogP contribution in [0.15, 0.2) is 71.8 Å². The van der Waals surface area contributed by atoms with Gasteiger partial charge < -0.3 is 15.1 Å². The van der Waals surface area contributed by atoms with Crippen molar-refractivity contribution < 1.29 is 4.84 Å². The molecule has 0 radical (unpaired) electrons. The van der Waals surface area contributed by atoms with Crippen molar-refractivity contribution in [3.8, 4) is 0 Å². The highest BCUT2D eigenvalue weighted by Gasteiger charge is 2.14. The molecule has 0 fully saturated rings. The number of hydrogen-bond donors (Lipinski definition) is 1. The quantitative estimate of drug-likeness (QED) is 0.499. The van der Waals surface area contributed by atoms with E-state index < -0.39 is 0 Å². The summed E-state index contributed by atoms with van der Waals surface area (Å²) < 4.78 is 1.24. The van der Waals surface area contributed by atoms with Crippen molar-refractivity contribution in [1.82, 2.24) is 14.7 Å². The number of hydrogen-bond acceptors (Lipinski definition) is 6. The van der Waals surface area contributed by atoms with Crippen LogP contribution in [-0.2, 0) is 13.2 Å². The first-order chi connectivity index (χ1) is 15.0. The molecule has 0 unspecified atom stereocenters. The lowest BCUT2D eigenvalue weighted by Crippen LogP contribution is -2.28. The van der Waals surface area contributed by atoms with E-state index in [-0.39, 0.29) is 12.2 Å². The summed E-state index contributed by atoms with van der Waals surface area (Å²) in [6.45, 7) is 2.73. The standard InChI is InChI=1S/C24H25N5O2/c1-17-23-21(25-14-19-10-7-11-20(12-19)28(2)3)13-22(30)29(24(23)27-16-26-17)31-15-18-8-5-4-6-9-18/h4-13,16,25H,14-15H2,1-3H3. The third-order valence-corrected chi connectivity index (χ3v) is 5.06. The van der Waals surface area contributed by atoms with Gasteiger partial charge in [-0.25, -0.2) is 9.97 Å². The van der Waals surface area contributed by atoms with E-state index in [1.54, 1.807) is 6.07 Å². The summed E-state index contributed by atoms with van der Waals surface area (Å²) in [5.41, 5.74) is 4.81. The molecule has 0 amide bonds. The number of aryl methyl sites for hydroxylation is 1. The van der Waals surface area contributed by atoms with E-state index in [0.29, 0.717) is 17.9 Å². The Hall–Kier alpha value is -3.87. The van der Waals surface area contributed by atoms with Crippen LogP contribution >= 0.6 is 0 Å². The van der Waals surface area contributed by atoms with E-state index >= 15 is 0 Å². The van der Waals surface area contributed by atoms with Crippen molar-refractivity contribution in [1.29, 1.82) is 0 Å². The number of pyridine rings is 1. The van der Waals surface area contributed by atoms with Crippen molar-refractivity contribution in [2.45, 2.75) is 20.1 Å². The monoisotopic (exact) mass is 415 g/mol. The average Bonchev–Trinajstić information content (AvgIpc) is 2.78. The molecule has 31 heavy (non-hydrogen) atoms. The van der Waals surface area contributed by atoms with Crippen LogP contribution < -0.4 is 20.6 Å². The van der Waals surface area contributed by atoms with Crippen LogP contribution in [0.3, 0.4) is 0 Å². The Morgan fingerprint density at radius 3 is 2.55 bits per heavy atom. The van der Waals surface area contributed by atoms with Crippen molar-refractivity contribution in [3.63, 3.8) is 0 Å². The van der Waals surface area contributed by atoms with Crippen LogP contribution in [0, 0.1) is 6.92 Å². The lowest BCUT2D eigenvalue weighted by Gasteiger charge is -2.16. The second kappa shape index (κ2) is 8.87. The molecule has 4 rings (SSSR count). The van der Waals surface area contributed by atoms with Crippen LogP contribution in [0.4, 0.5) is 11.4 Å². The fourth-order valence-corrected chi connectivity index (χ4v) is 3.41. The third kappa shape index (κ3) is 4.50. The highest BCUT2D eigenvalue weighted by atomic mass is 16.7. The van der Waals surface area contributed by atoms with Crippen molar-refractivity contribution in [3.05, 3.63) is 94.2 Å². The van der Waals surface area contributed by atoms with Gasteiger partial charge in [0.2, 0.25) is 0 Å². The molecular formula is C24H25N5O2. The molecule has 2 aromatic heterocycles. The molecule has 1 N–H and O–H groups in total. The minimum absolute atomic E-state index is 0.267. The van der Waals surface area contributed by atoms with Gasteiger partial charge in [0.25, 0.3) is 5.56 Å². The Kier molecular flexibility index (Phi) is 5.84. The number of anilines is 2. The molecule has 2 heterocycles. The fraction of sp³-hybridized carbons (Fsp3) is 0.208. The molecule has 0 aliphatic carbocycles. The Morgan fingerprint density at radius 1 is 1.00 bits per heavy atom. The SMILES string of the molecule is Cc1ncnc2c1c(NCc1cccc(N(C)C)c1)cc(=O)n2OCc1ccccc1. The second-order valence-corrected chi connectivity index (χ2v) is 7.53. The molecule has 7 heteroatoms. The van der Waals surface area contributed by atoms with E-state index in [9.17, 15) is 4.79 Å². The number of aromatic nitrogens is 3. The van der Waals surface area contributed by atoms with Gasteiger partial charge in [-0.1, -0.05) is 42.5 Å². The normalized spacial score (nSPS) is 10.8. The highest BCUT2D eigenvalue weighted by Crippen LogP contribution is 2.23. The van der Waals surface area contributed by atoms with Crippen LogP contribution in [0.25, 0.3) is 11.0 Å². The van der Waals surface area contributed by atoms with E-state index in [0.717, 1.165) is 27.9 Å². The van der Waals surface area contributed by atoms with Crippen molar-refractivity contribution >= 4 is 22.4 Å². The molecule has 2 aromatic carbocycles. The largest absolute Gasteiger partial charge is 0.404 e. The van der Waals surface area contributed by atoms with Crippen molar-refractivity contribution in [2.24, 2.45) is 0 Å². The van der Waals surface area contributed by atoms with Crippen LogP contribution in [0.2, 0.25) is 0 Å². The van der Waals surface area contributed by atoms with Gasteiger partial charge in [-0.05, 0) is 30.2 Å². The molecule has 158 valence electrons. The zero-order valence-electron chi connectivity index (χ0n) is 17.9. The first kappa shape index (κ1) is 20.4. The molecule has 0 spiro atoms. The Bertz CT molecular complexity index is 1250. The second-order valence-electron chi connectivity index (χ2n) is 7.53. The summed E-state index contributed by atoms with van der Waals surface area (Å²) in [6.07, 6.45) is 1.45. The van der Waals surface area contributed by atoms with Gasteiger partial charge in [-0.3, -0.25) is 4.79 Å². The number of rotatable bonds is 7. The van der Waals surface area contributed by atoms with Gasteiger partial charge in [0.05, 0.1) is 16.8 Å². The number of nitrogens with zero attached hydrogens (tertiary/aromatic N) is 4. The Labute approximate surface area is 180 Å². The summed E-state index contributed by atoms with van der Waals surface area (Å²) in [5.74, 6) is 0. The molecule has 0 aliphatic rings. The molecule has 0 saturated heterocycles. The Morgan fingerprint density at radius 2 is 1.77 bits per heavy atom. The highest BCUT2D eigenvalue weighted by molar-refractivity contribution is 5.90. The van der Waals surface area contributed by atoms with E-state index in [1.165, 1.54) is 11.1 Å². The van der Waals surface area contributed by atoms with Crippen LogP contribution in [0.1, 0.15) is 16.8 Å². The third-order valence-electron chi connectivity index (χ3n) is 5.06. The summed E-state index contributed by atoms with van der Waals surface area (Å²) in [6, 6.07) is 19.5. The van der Waals surface area contributed by atoms with Gasteiger partial charge in [0.1, 0.15) is 12.9 Å². The maximum Gasteiger partial charge on any atom is 0.287 e. The maximum atomic E-state index is 12.9. The Balaban J connectivity index is 1.65. The van der Waals surface area contributed by atoms with E-state index in [1.807, 2.05) is 57.4 Å². The molecule has 7 nitrogen and oxygen atoms in total. The minimum atomic E-state index is -0.286. The van der Waals surface area contributed by atoms with Gasteiger partial charge in [0.15, 0.2) is 5.65 Å². The topological polar surface area (TPSA) is 72.3 Å². The average molecular weight is 415 g/mol. The molecule has 0 aliphatic heterocycles. The number of nitrogens with one attached hydrogen (secondary N) is 1. The fourth-order valence-electron chi connectivity index (χ4n) is 3.41. The first-order valence-corrected chi connectivity index (χ1v) is 10.1. The molecule has 0 bridgehead atoms. The molecule has 4 aromatic rings. The summed E-state index contributed by atoms with van der Waals surface area (Å²) in [5, 5.41) is 4.15. The van der Waals surface area contributed by atoms with Crippen LogP contribution in [-0.4, -0.2) is 28.8 Å². The molecular weight excluding hydrogens is 390 g/mol. The van der Waals surface area contributed by atoms with E-state index in [2.05, 4.69) is 38.4 Å². The zero-order valence-corrected chi connectivity index (χ0v) is 17.9. The summed E-state index contributed by atoms with van der Waals surface area (Å²) in [4.78, 5) is 29.4. The van der Waals surface area contributed by atoms with Gasteiger partial charge >= 0.3 is 0 Å². The zero-order chi connectivity index (χ0) is 21.8. The van der Waals surface area contributed by atoms with E-state index in [4.69, 9.17) is 4.84 Å². The first-order valence-electron chi connectivity index (χ1n) is 10.1. The summed E-state index contributed by atoms with van der Waals surface area (Å²) in [7, 11) is 4.02. The van der Waals surface area contributed by atoms with Gasteiger partial charge in [-0.15, -0.1) is 4.73 Å². The number of fused-ring (bicyclic) bond motifs is 1. The summed E-state index contributed by atoms with van der Waals surface area (Å²) >= 11 is 0. The minimum Gasteiger partial charge on any atom is -0.404 e. The predicted octanol–water partition coefficient (Wildman–Crippen LogP) is 3.41. The smallest absolute Gasteiger partial charge is 0.287 e.